The molecule has 0 bridgehead atoms. The van der Waals surface area contributed by atoms with Crippen LogP contribution < -0.4 is 4.90 Å². The molecule has 0 spiro atoms. The molecule has 168 valence electrons. The number of ether oxygens (including phenoxy) is 1. The lowest BCUT2D eigenvalue weighted by Crippen LogP contribution is -2.34. The van der Waals surface area contributed by atoms with Gasteiger partial charge in [-0.1, -0.05) is 59.3 Å². The molecule has 4 aromatic rings. The van der Waals surface area contributed by atoms with Crippen molar-refractivity contribution in [3.05, 3.63) is 83.0 Å². The van der Waals surface area contributed by atoms with Gasteiger partial charge in [-0.05, 0) is 17.7 Å². The maximum atomic E-state index is 13.0. The van der Waals surface area contributed by atoms with Crippen LogP contribution in [0.3, 0.4) is 0 Å². The maximum Gasteiger partial charge on any atom is 0.308 e. The molecule has 2 heterocycles. The first-order chi connectivity index (χ1) is 16.1. The van der Waals surface area contributed by atoms with E-state index in [1.807, 2.05) is 47.8 Å². The lowest BCUT2D eigenvalue weighted by molar-refractivity contribution is -0.148. The predicted molar refractivity (Wildman–Crippen MR) is 126 cm³/mol. The number of carbonyl (C=O) groups is 2. The van der Waals surface area contributed by atoms with Crippen molar-refractivity contribution in [1.82, 2.24) is 20.0 Å². The highest BCUT2D eigenvalue weighted by Gasteiger charge is 2.21. The quantitative estimate of drug-likeness (QED) is 0.332. The molecule has 10 heteroatoms. The fraction of sp³-hybridized carbons (Fsp3) is 0.174. The van der Waals surface area contributed by atoms with Gasteiger partial charge >= 0.3 is 5.97 Å². The first kappa shape index (κ1) is 22.6. The molecule has 0 saturated heterocycles. The van der Waals surface area contributed by atoms with Crippen LogP contribution in [-0.2, 0) is 27.4 Å². The Hall–Kier alpha value is -3.56. The second-order valence-corrected chi connectivity index (χ2v) is 8.34. The van der Waals surface area contributed by atoms with Crippen molar-refractivity contribution in [3.63, 3.8) is 0 Å². The summed E-state index contributed by atoms with van der Waals surface area (Å²) >= 11 is 7.33. The number of carbonyl (C=O) groups excluding carboxylic acids is 2. The number of esters is 1. The van der Waals surface area contributed by atoms with Crippen LogP contribution in [0.2, 0.25) is 5.02 Å². The Morgan fingerprint density at radius 3 is 2.61 bits per heavy atom. The molecular weight excluding hydrogens is 462 g/mol. The van der Waals surface area contributed by atoms with Crippen LogP contribution in [0.4, 0.5) is 5.13 Å². The van der Waals surface area contributed by atoms with Gasteiger partial charge in [-0.2, -0.15) is 0 Å². The molecule has 0 aliphatic rings. The van der Waals surface area contributed by atoms with E-state index in [9.17, 15) is 9.59 Å². The SMILES string of the molecule is O=C(CCn1ccnn1)OCC(=O)N(Cc1ccccc1)c1nc(-c2ccc(Cl)cc2)cs1. The van der Waals surface area contributed by atoms with Gasteiger partial charge < -0.3 is 4.74 Å². The van der Waals surface area contributed by atoms with Crippen LogP contribution in [0.25, 0.3) is 11.3 Å². The molecule has 4 rings (SSSR count). The standard InChI is InChI=1S/C23H20ClN5O3S/c24-19-8-6-18(7-9-19)20-16-33-23(26-20)29(14-17-4-2-1-3-5-17)21(30)15-32-22(31)10-12-28-13-11-25-27-28/h1-9,11,13,16H,10,12,14-15H2. The number of thiazole rings is 1. The van der Waals surface area contributed by atoms with Gasteiger partial charge in [0.25, 0.3) is 5.91 Å². The van der Waals surface area contributed by atoms with Crippen LogP contribution in [0.15, 0.2) is 72.4 Å². The fourth-order valence-electron chi connectivity index (χ4n) is 3.02. The Morgan fingerprint density at radius 2 is 1.88 bits per heavy atom. The van der Waals surface area contributed by atoms with E-state index in [1.54, 1.807) is 18.3 Å². The second kappa shape index (κ2) is 10.8. The fourth-order valence-corrected chi connectivity index (χ4v) is 4.00. The van der Waals surface area contributed by atoms with Gasteiger partial charge in [0, 0.05) is 22.2 Å². The molecule has 2 aromatic carbocycles. The van der Waals surface area contributed by atoms with Crippen molar-refractivity contribution >= 4 is 39.9 Å². The summed E-state index contributed by atoms with van der Waals surface area (Å²) in [6.45, 7) is 0.264. The summed E-state index contributed by atoms with van der Waals surface area (Å²) in [5, 5.41) is 10.5. The lowest BCUT2D eigenvalue weighted by atomic mass is 10.2. The summed E-state index contributed by atoms with van der Waals surface area (Å²) in [6.07, 6.45) is 3.27. The summed E-state index contributed by atoms with van der Waals surface area (Å²) in [6, 6.07) is 16.9. The average Bonchev–Trinajstić information content (AvgIpc) is 3.53. The third-order valence-electron chi connectivity index (χ3n) is 4.72. The second-order valence-electron chi connectivity index (χ2n) is 7.06. The third-order valence-corrected chi connectivity index (χ3v) is 5.84. The highest BCUT2D eigenvalue weighted by atomic mass is 35.5. The van der Waals surface area contributed by atoms with Crippen molar-refractivity contribution < 1.29 is 14.3 Å². The zero-order valence-corrected chi connectivity index (χ0v) is 19.1. The minimum atomic E-state index is -0.487. The van der Waals surface area contributed by atoms with Crippen LogP contribution in [0, 0.1) is 0 Å². The Bertz CT molecular complexity index is 1200. The van der Waals surface area contributed by atoms with Crippen LogP contribution >= 0.6 is 22.9 Å². The molecule has 2 aromatic heterocycles. The number of halogens is 1. The number of anilines is 1. The molecule has 0 radical (unpaired) electrons. The van der Waals surface area contributed by atoms with Crippen LogP contribution in [0.1, 0.15) is 12.0 Å². The smallest absolute Gasteiger partial charge is 0.308 e. The van der Waals surface area contributed by atoms with Gasteiger partial charge in [-0.25, -0.2) is 4.98 Å². The van der Waals surface area contributed by atoms with E-state index in [2.05, 4.69) is 15.3 Å². The average molecular weight is 482 g/mol. The molecule has 0 N–H and O–H groups in total. The van der Waals surface area contributed by atoms with Gasteiger partial charge in [0.15, 0.2) is 11.7 Å². The van der Waals surface area contributed by atoms with E-state index < -0.39 is 5.97 Å². The number of nitrogens with zero attached hydrogens (tertiary/aromatic N) is 5. The normalized spacial score (nSPS) is 10.7. The Labute approximate surface area is 199 Å². The Balaban J connectivity index is 1.45. The molecular formula is C23H20ClN5O3S. The van der Waals surface area contributed by atoms with Gasteiger partial charge in [0.1, 0.15) is 0 Å². The summed E-state index contributed by atoms with van der Waals surface area (Å²) in [5.74, 6) is -0.843. The first-order valence-corrected chi connectivity index (χ1v) is 11.4. The van der Waals surface area contributed by atoms with E-state index in [0.717, 1.165) is 16.8 Å². The Kier molecular flexibility index (Phi) is 7.43. The first-order valence-electron chi connectivity index (χ1n) is 10.1. The minimum Gasteiger partial charge on any atom is -0.455 e. The monoisotopic (exact) mass is 481 g/mol. The van der Waals surface area contributed by atoms with E-state index in [-0.39, 0.29) is 18.9 Å². The molecule has 0 fully saturated rings. The third kappa shape index (κ3) is 6.24. The highest BCUT2D eigenvalue weighted by Crippen LogP contribution is 2.29. The van der Waals surface area contributed by atoms with Gasteiger partial charge in [0.2, 0.25) is 0 Å². The van der Waals surface area contributed by atoms with Crippen molar-refractivity contribution in [1.29, 1.82) is 0 Å². The van der Waals surface area contributed by atoms with Crippen LogP contribution in [-0.4, -0.2) is 38.5 Å². The summed E-state index contributed by atoms with van der Waals surface area (Å²) in [7, 11) is 0. The number of benzene rings is 2. The van der Waals surface area contributed by atoms with Crippen molar-refractivity contribution in [3.8, 4) is 11.3 Å². The van der Waals surface area contributed by atoms with E-state index in [0.29, 0.717) is 23.2 Å². The van der Waals surface area contributed by atoms with Crippen LogP contribution in [0.5, 0.6) is 0 Å². The molecule has 0 aliphatic carbocycles. The maximum absolute atomic E-state index is 13.0. The number of hydrogen-bond acceptors (Lipinski definition) is 7. The molecule has 33 heavy (non-hydrogen) atoms. The molecule has 0 aliphatic heterocycles. The number of rotatable bonds is 9. The minimum absolute atomic E-state index is 0.0906. The van der Waals surface area contributed by atoms with Crippen molar-refractivity contribution in [2.24, 2.45) is 0 Å². The van der Waals surface area contributed by atoms with E-state index >= 15 is 0 Å². The topological polar surface area (TPSA) is 90.2 Å². The van der Waals surface area contributed by atoms with Crippen molar-refractivity contribution in [2.75, 3.05) is 11.5 Å². The molecule has 8 nitrogen and oxygen atoms in total. The largest absolute Gasteiger partial charge is 0.455 e. The summed E-state index contributed by atoms with van der Waals surface area (Å²) in [5.41, 5.74) is 2.57. The predicted octanol–water partition coefficient (Wildman–Crippen LogP) is 4.22. The number of amides is 1. The van der Waals surface area contributed by atoms with Gasteiger partial charge in [-0.15, -0.1) is 16.4 Å². The number of aromatic nitrogens is 4. The molecule has 1 amide bonds. The molecule has 0 saturated carbocycles. The summed E-state index contributed by atoms with van der Waals surface area (Å²) in [4.78, 5) is 31.3. The lowest BCUT2D eigenvalue weighted by Gasteiger charge is -2.20. The Morgan fingerprint density at radius 1 is 1.09 bits per heavy atom. The van der Waals surface area contributed by atoms with Gasteiger partial charge in [0.05, 0.1) is 31.4 Å². The zero-order chi connectivity index (χ0) is 23.0. The molecule has 0 unspecified atom stereocenters. The molecule has 0 atom stereocenters. The number of hydrogen-bond donors (Lipinski definition) is 0. The van der Waals surface area contributed by atoms with E-state index in [1.165, 1.54) is 27.1 Å². The highest BCUT2D eigenvalue weighted by molar-refractivity contribution is 7.14. The van der Waals surface area contributed by atoms with Crippen molar-refractivity contribution in [2.45, 2.75) is 19.5 Å². The number of aryl methyl sites for hydroxylation is 1. The zero-order valence-electron chi connectivity index (χ0n) is 17.5. The van der Waals surface area contributed by atoms with Gasteiger partial charge in [-0.3, -0.25) is 19.2 Å². The summed E-state index contributed by atoms with van der Waals surface area (Å²) < 4.78 is 6.74. The van der Waals surface area contributed by atoms with E-state index in [4.69, 9.17) is 16.3 Å².